The maximum absolute atomic E-state index is 11.7. The van der Waals surface area contributed by atoms with Gasteiger partial charge in [0, 0.05) is 20.1 Å². The molecule has 1 N–H and O–H groups in total. The van der Waals surface area contributed by atoms with Crippen molar-refractivity contribution in [2.75, 3.05) is 28.3 Å². The van der Waals surface area contributed by atoms with Crippen molar-refractivity contribution < 1.29 is 14.3 Å². The highest BCUT2D eigenvalue weighted by Crippen LogP contribution is 2.24. The molecule has 26 heavy (non-hydrogen) atoms. The predicted molar refractivity (Wildman–Crippen MR) is 107 cm³/mol. The monoisotopic (exact) mass is 378 g/mol. The number of carbonyl (C=O) groups is 1. The Morgan fingerprint density at radius 1 is 1.12 bits per heavy atom. The van der Waals surface area contributed by atoms with Crippen LogP contribution in [0.15, 0.2) is 48.5 Å². The minimum atomic E-state index is -0.378. The zero-order valence-electron chi connectivity index (χ0n) is 15.7. The average Bonchev–Trinajstić information content (AvgIpc) is 2.63. The molecule has 0 heterocycles. The van der Waals surface area contributed by atoms with E-state index in [-0.39, 0.29) is 24.5 Å². The maximum Gasteiger partial charge on any atom is 0.414 e. The van der Waals surface area contributed by atoms with Gasteiger partial charge in [-0.1, -0.05) is 24.3 Å². The molecule has 1 amide bonds. The summed E-state index contributed by atoms with van der Waals surface area (Å²) in [5.41, 5.74) is 2.36. The van der Waals surface area contributed by atoms with Crippen molar-refractivity contribution >= 4 is 18.5 Å². The van der Waals surface area contributed by atoms with Crippen LogP contribution in [0.1, 0.15) is 23.6 Å². The van der Waals surface area contributed by atoms with Crippen LogP contribution in [0.5, 0.6) is 11.5 Å². The number of benzene rings is 2. The second-order valence-electron chi connectivity index (χ2n) is 6.06. The van der Waals surface area contributed by atoms with Gasteiger partial charge in [0.25, 0.3) is 0 Å². The Hall–Kier alpha value is -2.24. The molecule has 0 aliphatic carbocycles. The molecular weight excluding hydrogens is 352 g/mol. The fourth-order valence-corrected chi connectivity index (χ4v) is 2.57. The molecule has 0 spiro atoms. The number of hydrogen-bond acceptors (Lipinski definition) is 4. The van der Waals surface area contributed by atoms with E-state index in [1.165, 1.54) is 10.5 Å². The van der Waals surface area contributed by atoms with E-state index in [1.54, 1.807) is 27.3 Å². The van der Waals surface area contributed by atoms with Gasteiger partial charge in [0.1, 0.15) is 11.5 Å². The van der Waals surface area contributed by atoms with Gasteiger partial charge in [-0.05, 0) is 55.3 Å². The molecule has 0 aliphatic rings. The van der Waals surface area contributed by atoms with Gasteiger partial charge in [-0.3, -0.25) is 0 Å². The molecule has 2 aromatic rings. The third kappa shape index (κ3) is 6.24. The van der Waals surface area contributed by atoms with E-state index in [4.69, 9.17) is 9.47 Å². The van der Waals surface area contributed by atoms with Crippen LogP contribution in [0.3, 0.4) is 0 Å². The molecule has 2 aromatic carbocycles. The summed E-state index contributed by atoms with van der Waals surface area (Å²) < 4.78 is 10.5. The first-order valence-corrected chi connectivity index (χ1v) is 8.32. The van der Waals surface area contributed by atoms with Crippen LogP contribution < -0.4 is 14.8 Å². The van der Waals surface area contributed by atoms with Gasteiger partial charge in [-0.25, -0.2) is 4.79 Å². The van der Waals surface area contributed by atoms with Gasteiger partial charge < -0.3 is 19.7 Å². The lowest BCUT2D eigenvalue weighted by Crippen LogP contribution is -2.25. The Morgan fingerprint density at radius 2 is 1.81 bits per heavy atom. The Morgan fingerprint density at radius 3 is 2.38 bits per heavy atom. The number of hydrogen-bond donors (Lipinski definition) is 1. The second-order valence-corrected chi connectivity index (χ2v) is 6.06. The zero-order chi connectivity index (χ0) is 18.2. The highest BCUT2D eigenvalue weighted by molar-refractivity contribution is 5.85. The Kier molecular flexibility index (Phi) is 8.96. The largest absolute Gasteiger partial charge is 0.497 e. The average molecular weight is 379 g/mol. The van der Waals surface area contributed by atoms with Crippen LogP contribution in [-0.2, 0) is 6.42 Å². The van der Waals surface area contributed by atoms with Crippen LogP contribution in [0.2, 0.25) is 0 Å². The molecule has 142 valence electrons. The summed E-state index contributed by atoms with van der Waals surface area (Å²) in [6.07, 6.45) is 1.50. The first-order valence-electron chi connectivity index (χ1n) is 8.32. The molecular formula is C20H27ClN2O3. The second kappa shape index (κ2) is 10.7. The van der Waals surface area contributed by atoms with Crippen molar-refractivity contribution in [2.24, 2.45) is 0 Å². The SMILES string of the molecule is CNC(CCc1ccc(OC)cc1)c1cccc(OC(=O)N(C)C)c1.Cl. The Balaban J connectivity index is 0.00000338. The molecule has 5 nitrogen and oxygen atoms in total. The Labute approximate surface area is 161 Å². The maximum atomic E-state index is 11.7. The number of nitrogens with zero attached hydrogens (tertiary/aromatic N) is 1. The first kappa shape index (κ1) is 21.8. The molecule has 0 fully saturated rings. The summed E-state index contributed by atoms with van der Waals surface area (Å²) in [6, 6.07) is 16.0. The number of aryl methyl sites for hydroxylation is 1. The van der Waals surface area contributed by atoms with E-state index in [0.29, 0.717) is 5.75 Å². The predicted octanol–water partition coefficient (Wildman–Crippen LogP) is 4.07. The summed E-state index contributed by atoms with van der Waals surface area (Å²) in [4.78, 5) is 13.1. The zero-order valence-corrected chi connectivity index (χ0v) is 16.5. The van der Waals surface area contributed by atoms with E-state index >= 15 is 0 Å². The van der Waals surface area contributed by atoms with Gasteiger partial charge >= 0.3 is 6.09 Å². The van der Waals surface area contributed by atoms with E-state index in [1.807, 2.05) is 37.4 Å². The molecule has 0 radical (unpaired) electrons. The third-order valence-corrected chi connectivity index (χ3v) is 4.06. The molecule has 0 saturated heterocycles. The molecule has 0 aliphatic heterocycles. The first-order chi connectivity index (χ1) is 12.0. The smallest absolute Gasteiger partial charge is 0.414 e. The van der Waals surface area contributed by atoms with Crippen LogP contribution in [0.25, 0.3) is 0 Å². The van der Waals surface area contributed by atoms with Crippen molar-refractivity contribution in [1.29, 1.82) is 0 Å². The molecule has 1 atom stereocenters. The van der Waals surface area contributed by atoms with Crippen molar-refractivity contribution in [3.8, 4) is 11.5 Å². The fourth-order valence-electron chi connectivity index (χ4n) is 2.57. The lowest BCUT2D eigenvalue weighted by molar-refractivity contribution is 0.172. The molecule has 0 saturated carbocycles. The van der Waals surface area contributed by atoms with Crippen LogP contribution >= 0.6 is 12.4 Å². The highest BCUT2D eigenvalue weighted by atomic mass is 35.5. The van der Waals surface area contributed by atoms with Crippen LogP contribution in [0.4, 0.5) is 4.79 Å². The highest BCUT2D eigenvalue weighted by Gasteiger charge is 2.12. The minimum absolute atomic E-state index is 0. The van der Waals surface area contributed by atoms with E-state index in [0.717, 1.165) is 24.2 Å². The van der Waals surface area contributed by atoms with Crippen molar-refractivity contribution in [3.63, 3.8) is 0 Å². The van der Waals surface area contributed by atoms with Gasteiger partial charge in [-0.2, -0.15) is 0 Å². The fraction of sp³-hybridized carbons (Fsp3) is 0.350. The number of rotatable bonds is 7. The number of halogens is 1. The molecule has 1 unspecified atom stereocenters. The van der Waals surface area contributed by atoms with Crippen LogP contribution in [-0.4, -0.2) is 39.2 Å². The standard InChI is InChI=1S/C20H26N2O3.ClH/c1-21-19(13-10-15-8-11-17(24-4)12-9-15)16-6-5-7-18(14-16)25-20(23)22(2)3;/h5-9,11-12,14,19,21H,10,13H2,1-4H3;1H. The van der Waals surface area contributed by atoms with Crippen molar-refractivity contribution in [1.82, 2.24) is 10.2 Å². The van der Waals surface area contributed by atoms with Gasteiger partial charge in [-0.15, -0.1) is 12.4 Å². The normalized spacial score (nSPS) is 11.2. The molecule has 0 bridgehead atoms. The summed E-state index contributed by atoms with van der Waals surface area (Å²) in [6.45, 7) is 0. The third-order valence-electron chi connectivity index (χ3n) is 4.06. The molecule has 0 aromatic heterocycles. The lowest BCUT2D eigenvalue weighted by atomic mass is 9.99. The summed E-state index contributed by atoms with van der Waals surface area (Å²) in [5, 5.41) is 3.34. The minimum Gasteiger partial charge on any atom is -0.497 e. The number of nitrogens with one attached hydrogen (secondary N) is 1. The van der Waals surface area contributed by atoms with E-state index in [9.17, 15) is 4.79 Å². The number of methoxy groups -OCH3 is 1. The van der Waals surface area contributed by atoms with E-state index in [2.05, 4.69) is 17.4 Å². The summed E-state index contributed by atoms with van der Waals surface area (Å²) in [5.74, 6) is 1.42. The number of ether oxygens (including phenoxy) is 2. The quantitative estimate of drug-likeness (QED) is 0.789. The lowest BCUT2D eigenvalue weighted by Gasteiger charge is -2.18. The van der Waals surface area contributed by atoms with Gasteiger partial charge in [0.15, 0.2) is 0 Å². The topological polar surface area (TPSA) is 50.8 Å². The Bertz CT molecular complexity index is 690. The van der Waals surface area contributed by atoms with Gasteiger partial charge in [0.2, 0.25) is 0 Å². The summed E-state index contributed by atoms with van der Waals surface area (Å²) in [7, 11) is 6.94. The summed E-state index contributed by atoms with van der Waals surface area (Å²) >= 11 is 0. The van der Waals surface area contributed by atoms with Crippen LogP contribution in [0, 0.1) is 0 Å². The number of amides is 1. The van der Waals surface area contributed by atoms with E-state index < -0.39 is 0 Å². The van der Waals surface area contributed by atoms with Crippen molar-refractivity contribution in [3.05, 3.63) is 59.7 Å². The molecule has 6 heteroatoms. The number of carbonyl (C=O) groups excluding carboxylic acids is 1. The van der Waals surface area contributed by atoms with Gasteiger partial charge in [0.05, 0.1) is 7.11 Å². The molecule has 2 rings (SSSR count). The van der Waals surface area contributed by atoms with Crippen molar-refractivity contribution in [2.45, 2.75) is 18.9 Å².